The van der Waals surface area contributed by atoms with Gasteiger partial charge in [-0.2, -0.15) is 0 Å². The normalized spacial score (nSPS) is 18.3. The second kappa shape index (κ2) is 5.63. The predicted molar refractivity (Wildman–Crippen MR) is 110 cm³/mol. The van der Waals surface area contributed by atoms with Gasteiger partial charge in [0.1, 0.15) is 6.17 Å². The van der Waals surface area contributed by atoms with Crippen LogP contribution in [0, 0.1) is 6.92 Å². The Hall–Kier alpha value is -2.74. The van der Waals surface area contributed by atoms with Crippen LogP contribution >= 0.6 is 0 Å². The topological polar surface area (TPSA) is 6.48 Å². The van der Waals surface area contributed by atoms with Gasteiger partial charge in [0.2, 0.25) is 0 Å². The lowest BCUT2D eigenvalue weighted by Gasteiger charge is -2.33. The Morgan fingerprint density at radius 3 is 2.38 bits per heavy atom. The van der Waals surface area contributed by atoms with Crippen molar-refractivity contribution in [2.75, 3.05) is 11.9 Å². The molecule has 26 heavy (non-hydrogen) atoms. The zero-order valence-corrected chi connectivity index (χ0v) is 15.7. The first-order valence-corrected chi connectivity index (χ1v) is 9.46. The van der Waals surface area contributed by atoms with Gasteiger partial charge in [-0.1, -0.05) is 42.5 Å². The van der Waals surface area contributed by atoms with Crippen molar-refractivity contribution in [2.24, 2.45) is 0 Å². The van der Waals surface area contributed by atoms with Crippen molar-refractivity contribution >= 4 is 16.5 Å². The van der Waals surface area contributed by atoms with Gasteiger partial charge in [0.25, 0.3) is 0 Å². The van der Waals surface area contributed by atoms with Gasteiger partial charge < -0.3 is 9.80 Å². The van der Waals surface area contributed by atoms with Gasteiger partial charge in [-0.05, 0) is 71.3 Å². The molecule has 0 aromatic heterocycles. The molecule has 1 heterocycles. The van der Waals surface area contributed by atoms with E-state index < -0.39 is 0 Å². The van der Waals surface area contributed by atoms with Crippen molar-refractivity contribution in [1.82, 2.24) is 4.90 Å². The van der Waals surface area contributed by atoms with Gasteiger partial charge in [0, 0.05) is 25.1 Å². The molecule has 2 heteroatoms. The third-order valence-corrected chi connectivity index (χ3v) is 6.10. The highest BCUT2D eigenvalue weighted by Crippen LogP contribution is 2.43. The lowest BCUT2D eigenvalue weighted by molar-refractivity contribution is 0.382. The molecule has 0 fully saturated rings. The molecular formula is C24H24N2. The quantitative estimate of drug-likeness (QED) is 0.578. The van der Waals surface area contributed by atoms with Gasteiger partial charge >= 0.3 is 0 Å². The largest absolute Gasteiger partial charge is 0.359 e. The zero-order chi connectivity index (χ0) is 17.8. The minimum atomic E-state index is 0.359. The summed E-state index contributed by atoms with van der Waals surface area (Å²) in [6, 6.07) is 18.1. The maximum absolute atomic E-state index is 2.43. The fraction of sp³-hybridized carbons (Fsp3) is 0.250. The Morgan fingerprint density at radius 1 is 0.885 bits per heavy atom. The van der Waals surface area contributed by atoms with Gasteiger partial charge in [-0.15, -0.1) is 0 Å². The molecule has 1 aliphatic heterocycles. The van der Waals surface area contributed by atoms with Crippen LogP contribution in [0.3, 0.4) is 0 Å². The highest BCUT2D eigenvalue weighted by Gasteiger charge is 2.27. The molecule has 0 N–H and O–H groups in total. The van der Waals surface area contributed by atoms with Crippen LogP contribution < -0.4 is 4.90 Å². The number of rotatable bonds is 1. The highest BCUT2D eigenvalue weighted by molar-refractivity contribution is 5.92. The van der Waals surface area contributed by atoms with Crippen LogP contribution in [-0.2, 0) is 12.8 Å². The van der Waals surface area contributed by atoms with E-state index in [1.807, 2.05) is 0 Å². The summed E-state index contributed by atoms with van der Waals surface area (Å²) in [4.78, 5) is 4.70. The average Bonchev–Trinajstić information content (AvgIpc) is 2.98. The van der Waals surface area contributed by atoms with Crippen LogP contribution in [0.5, 0.6) is 0 Å². The van der Waals surface area contributed by atoms with Crippen molar-refractivity contribution in [3.05, 3.63) is 77.6 Å². The summed E-state index contributed by atoms with van der Waals surface area (Å²) in [7, 11) is 2.15. The van der Waals surface area contributed by atoms with E-state index in [4.69, 9.17) is 0 Å². The molecule has 0 amide bonds. The molecule has 3 aromatic carbocycles. The molecular weight excluding hydrogens is 316 g/mol. The van der Waals surface area contributed by atoms with Crippen LogP contribution in [0.2, 0.25) is 0 Å². The SMILES string of the molecule is Cc1ccc2c(c1N1C=CN(C)[C@@H]1C)CCc1cc3ccccc3cc1-2. The minimum Gasteiger partial charge on any atom is -0.359 e. The van der Waals surface area contributed by atoms with Crippen LogP contribution in [0.4, 0.5) is 5.69 Å². The molecule has 0 saturated carbocycles. The maximum atomic E-state index is 2.43. The molecule has 0 radical (unpaired) electrons. The number of anilines is 1. The van der Waals surface area contributed by atoms with E-state index >= 15 is 0 Å². The van der Waals surface area contributed by atoms with Crippen molar-refractivity contribution in [3.63, 3.8) is 0 Å². The van der Waals surface area contributed by atoms with Crippen LogP contribution in [0.25, 0.3) is 21.9 Å². The lowest BCUT2D eigenvalue weighted by Crippen LogP contribution is -2.34. The van der Waals surface area contributed by atoms with E-state index in [1.54, 1.807) is 0 Å². The van der Waals surface area contributed by atoms with Crippen LogP contribution in [-0.4, -0.2) is 18.1 Å². The van der Waals surface area contributed by atoms with Gasteiger partial charge in [0.15, 0.2) is 0 Å². The maximum Gasteiger partial charge on any atom is 0.102 e. The second-order valence-corrected chi connectivity index (χ2v) is 7.62. The summed E-state index contributed by atoms with van der Waals surface area (Å²) >= 11 is 0. The van der Waals surface area contributed by atoms with Crippen LogP contribution in [0.15, 0.2) is 60.9 Å². The van der Waals surface area contributed by atoms with E-state index in [1.165, 1.54) is 44.3 Å². The summed E-state index contributed by atoms with van der Waals surface area (Å²) in [5, 5.41) is 2.68. The molecule has 0 saturated heterocycles. The van der Waals surface area contributed by atoms with E-state index in [0.717, 1.165) is 12.8 Å². The summed E-state index contributed by atoms with van der Waals surface area (Å²) in [5.41, 5.74) is 8.56. The molecule has 3 aromatic rings. The summed E-state index contributed by atoms with van der Waals surface area (Å²) in [6.45, 7) is 4.51. The number of nitrogens with zero attached hydrogens (tertiary/aromatic N) is 2. The summed E-state index contributed by atoms with van der Waals surface area (Å²) < 4.78 is 0. The van der Waals surface area contributed by atoms with E-state index in [2.05, 4.69) is 91.6 Å². The van der Waals surface area contributed by atoms with Crippen molar-refractivity contribution in [2.45, 2.75) is 32.9 Å². The second-order valence-electron chi connectivity index (χ2n) is 7.62. The predicted octanol–water partition coefficient (Wildman–Crippen LogP) is 5.48. The zero-order valence-electron chi connectivity index (χ0n) is 15.7. The molecule has 5 rings (SSSR count). The standard InChI is InChI=1S/C24H24N2/c1-16-8-10-21-22(24(16)26-13-12-25(3)17(26)2)11-9-20-14-18-6-4-5-7-19(18)15-23(20)21/h4-8,10,12-15,17H,9,11H2,1-3H3/t17-/m0/s1. The molecule has 1 aliphatic carbocycles. The first-order chi connectivity index (χ1) is 12.6. The van der Waals surface area contributed by atoms with E-state index in [0.29, 0.717) is 6.17 Å². The Labute approximate surface area is 155 Å². The Bertz CT molecular complexity index is 1050. The lowest BCUT2D eigenvalue weighted by atomic mass is 9.82. The van der Waals surface area contributed by atoms with Crippen molar-refractivity contribution in [1.29, 1.82) is 0 Å². The molecule has 0 spiro atoms. The Kier molecular flexibility index (Phi) is 3.36. The number of aryl methyl sites for hydroxylation is 2. The molecule has 2 nitrogen and oxygen atoms in total. The molecule has 130 valence electrons. The minimum absolute atomic E-state index is 0.359. The first kappa shape index (κ1) is 15.5. The summed E-state index contributed by atoms with van der Waals surface area (Å²) in [5.74, 6) is 0. The van der Waals surface area contributed by atoms with Gasteiger partial charge in [-0.3, -0.25) is 0 Å². The number of hydrogen-bond acceptors (Lipinski definition) is 2. The number of hydrogen-bond donors (Lipinski definition) is 0. The summed E-state index contributed by atoms with van der Waals surface area (Å²) in [6.07, 6.45) is 6.99. The highest BCUT2D eigenvalue weighted by atomic mass is 15.4. The third kappa shape index (κ3) is 2.18. The van der Waals surface area contributed by atoms with E-state index in [9.17, 15) is 0 Å². The first-order valence-electron chi connectivity index (χ1n) is 9.46. The van der Waals surface area contributed by atoms with Crippen molar-refractivity contribution < 1.29 is 0 Å². The van der Waals surface area contributed by atoms with Crippen molar-refractivity contribution in [3.8, 4) is 11.1 Å². The Balaban J connectivity index is 1.72. The average molecular weight is 340 g/mol. The van der Waals surface area contributed by atoms with Crippen LogP contribution in [0.1, 0.15) is 23.6 Å². The number of fused-ring (bicyclic) bond motifs is 4. The van der Waals surface area contributed by atoms with Gasteiger partial charge in [-0.25, -0.2) is 0 Å². The number of benzene rings is 3. The third-order valence-electron chi connectivity index (χ3n) is 6.10. The smallest absolute Gasteiger partial charge is 0.102 e. The fourth-order valence-corrected chi connectivity index (χ4v) is 4.51. The molecule has 0 unspecified atom stereocenters. The van der Waals surface area contributed by atoms with Gasteiger partial charge in [0.05, 0.1) is 0 Å². The molecule has 1 atom stereocenters. The monoisotopic (exact) mass is 340 g/mol. The Morgan fingerprint density at radius 2 is 1.65 bits per heavy atom. The molecule has 2 aliphatic rings. The molecule has 0 bridgehead atoms. The fourth-order valence-electron chi connectivity index (χ4n) is 4.51. The van der Waals surface area contributed by atoms with E-state index in [-0.39, 0.29) is 0 Å².